The number of rotatable bonds is 5. The van der Waals surface area contributed by atoms with Crippen LogP contribution < -0.4 is 0 Å². The molecule has 0 atom stereocenters. The van der Waals surface area contributed by atoms with Gasteiger partial charge in [0.2, 0.25) is 11.3 Å². The molecule has 0 fully saturated rings. The smallest absolute Gasteiger partial charge is 0.269 e. The number of ketones is 1. The average Bonchev–Trinajstić information content (AvgIpc) is 2.55. The maximum absolute atomic E-state index is 12.5. The lowest BCUT2D eigenvalue weighted by Crippen LogP contribution is -2.42. The maximum Gasteiger partial charge on any atom is 0.269 e. The Morgan fingerprint density at radius 3 is 2.09 bits per heavy atom. The molecule has 0 saturated heterocycles. The van der Waals surface area contributed by atoms with Crippen LogP contribution in [0, 0.1) is 15.3 Å². The number of carbonyl (C=O) groups is 1. The normalized spacial score (nSPS) is 12.0. The third-order valence-corrected chi connectivity index (χ3v) is 3.51. The topological polar surface area (TPSA) is 86.3 Å². The van der Waals surface area contributed by atoms with Crippen molar-refractivity contribution >= 4 is 17.7 Å². The molecule has 2 aromatic carbocycles. The van der Waals surface area contributed by atoms with Crippen molar-refractivity contribution in [1.82, 2.24) is 0 Å². The van der Waals surface area contributed by atoms with E-state index in [0.29, 0.717) is 15.9 Å². The van der Waals surface area contributed by atoms with E-state index in [4.69, 9.17) is 0 Å². The zero-order valence-corrected chi connectivity index (χ0v) is 12.8. The van der Waals surface area contributed by atoms with E-state index in [1.165, 1.54) is 44.3 Å². The van der Waals surface area contributed by atoms with Gasteiger partial charge in [0.15, 0.2) is 6.21 Å². The quantitative estimate of drug-likeness (QED) is 0.212. The number of nitro benzene ring substituents is 1. The first-order chi connectivity index (χ1) is 10.8. The molecule has 0 radical (unpaired) electrons. The van der Waals surface area contributed by atoms with E-state index in [-0.39, 0.29) is 11.5 Å². The van der Waals surface area contributed by atoms with E-state index in [1.807, 2.05) is 0 Å². The van der Waals surface area contributed by atoms with Crippen molar-refractivity contribution in [2.75, 3.05) is 0 Å². The van der Waals surface area contributed by atoms with Crippen LogP contribution in [0.1, 0.15) is 29.8 Å². The van der Waals surface area contributed by atoms with Gasteiger partial charge in [0.1, 0.15) is 0 Å². The van der Waals surface area contributed by atoms with Crippen molar-refractivity contribution in [3.63, 3.8) is 0 Å². The molecule has 0 N–H and O–H groups in total. The Morgan fingerprint density at radius 1 is 1.00 bits per heavy atom. The molecular formula is C17H16N2O4. The molecule has 0 aromatic heterocycles. The van der Waals surface area contributed by atoms with E-state index < -0.39 is 10.5 Å². The number of hydrogen-bond acceptors (Lipinski definition) is 4. The van der Waals surface area contributed by atoms with E-state index in [0.717, 1.165) is 0 Å². The Balaban J connectivity index is 2.28. The van der Waals surface area contributed by atoms with Crippen molar-refractivity contribution in [1.29, 1.82) is 0 Å². The number of non-ortho nitro benzene ring substituents is 1. The SMILES string of the molecule is CC(C)(C(=O)c1ccccc1)[N+]([O-])=Cc1ccc([N+](=O)[O-])cc1. The van der Waals surface area contributed by atoms with E-state index in [9.17, 15) is 20.1 Å². The molecule has 0 saturated carbocycles. The first kappa shape index (κ1) is 16.4. The van der Waals surface area contributed by atoms with Gasteiger partial charge in [0.05, 0.1) is 4.92 Å². The van der Waals surface area contributed by atoms with Crippen LogP contribution in [0.5, 0.6) is 0 Å². The predicted molar refractivity (Wildman–Crippen MR) is 86.7 cm³/mol. The lowest BCUT2D eigenvalue weighted by Gasteiger charge is -2.22. The highest BCUT2D eigenvalue weighted by Gasteiger charge is 2.36. The number of hydroxylamine groups is 1. The monoisotopic (exact) mass is 312 g/mol. The molecule has 0 aliphatic carbocycles. The molecule has 0 aliphatic heterocycles. The number of benzene rings is 2. The number of carbonyl (C=O) groups excluding carboxylic acids is 1. The molecule has 0 amide bonds. The van der Waals surface area contributed by atoms with Crippen LogP contribution >= 0.6 is 0 Å². The van der Waals surface area contributed by atoms with E-state index in [1.54, 1.807) is 30.3 Å². The molecule has 118 valence electrons. The first-order valence-electron chi connectivity index (χ1n) is 6.98. The molecule has 0 heterocycles. The predicted octanol–water partition coefficient (Wildman–Crippen LogP) is 3.19. The third-order valence-electron chi connectivity index (χ3n) is 3.51. The van der Waals surface area contributed by atoms with Crippen molar-refractivity contribution in [3.05, 3.63) is 81.0 Å². The fourth-order valence-electron chi connectivity index (χ4n) is 2.02. The average molecular weight is 312 g/mol. The lowest BCUT2D eigenvalue weighted by atomic mass is 9.93. The summed E-state index contributed by atoms with van der Waals surface area (Å²) in [6.45, 7) is 3.08. The van der Waals surface area contributed by atoms with Crippen LogP contribution in [0.2, 0.25) is 0 Å². The van der Waals surface area contributed by atoms with Crippen molar-refractivity contribution in [3.8, 4) is 0 Å². The first-order valence-corrected chi connectivity index (χ1v) is 6.98. The number of nitrogens with zero attached hydrogens (tertiary/aromatic N) is 2. The van der Waals surface area contributed by atoms with Gasteiger partial charge in [-0.2, -0.15) is 4.74 Å². The Bertz CT molecular complexity index is 750. The van der Waals surface area contributed by atoms with Crippen LogP contribution in [0.3, 0.4) is 0 Å². The molecule has 0 bridgehead atoms. The van der Waals surface area contributed by atoms with Crippen LogP contribution in [-0.2, 0) is 0 Å². The molecule has 2 aromatic rings. The van der Waals surface area contributed by atoms with Crippen LogP contribution in [0.4, 0.5) is 5.69 Å². The highest BCUT2D eigenvalue weighted by molar-refractivity contribution is 6.02. The van der Waals surface area contributed by atoms with Gasteiger partial charge in [-0.25, -0.2) is 0 Å². The molecule has 0 unspecified atom stereocenters. The number of nitro groups is 1. The molecular weight excluding hydrogens is 296 g/mol. The molecule has 6 heteroatoms. The van der Waals surface area contributed by atoms with Gasteiger partial charge in [-0.05, 0) is 12.1 Å². The standard InChI is InChI=1S/C17H16N2O4/c1-17(2,16(20)14-6-4-3-5-7-14)18(21)12-13-8-10-15(11-9-13)19(22)23/h3-12H,1-2H3. The van der Waals surface area contributed by atoms with Crippen LogP contribution in [0.25, 0.3) is 0 Å². The highest BCUT2D eigenvalue weighted by Crippen LogP contribution is 2.17. The Labute approximate surface area is 133 Å². The second kappa shape index (κ2) is 6.39. The van der Waals surface area contributed by atoms with Gasteiger partial charge in [0, 0.05) is 37.1 Å². The summed E-state index contributed by atoms with van der Waals surface area (Å²) in [4.78, 5) is 22.6. The van der Waals surface area contributed by atoms with E-state index >= 15 is 0 Å². The maximum atomic E-state index is 12.5. The van der Waals surface area contributed by atoms with E-state index in [2.05, 4.69) is 0 Å². The Hall–Kier alpha value is -3.02. The fraction of sp³-hybridized carbons (Fsp3) is 0.176. The second-order valence-corrected chi connectivity index (χ2v) is 5.56. The summed E-state index contributed by atoms with van der Waals surface area (Å²) in [6.07, 6.45) is 1.25. The summed E-state index contributed by atoms with van der Waals surface area (Å²) in [5.74, 6) is -0.300. The number of hydrogen-bond donors (Lipinski definition) is 0. The van der Waals surface area contributed by atoms with Gasteiger partial charge in [-0.3, -0.25) is 14.9 Å². The fourth-order valence-corrected chi connectivity index (χ4v) is 2.02. The largest absolute Gasteiger partial charge is 0.623 e. The Morgan fingerprint density at radius 2 is 1.57 bits per heavy atom. The minimum Gasteiger partial charge on any atom is -0.623 e. The summed E-state index contributed by atoms with van der Waals surface area (Å²) in [5, 5.41) is 23.0. The van der Waals surface area contributed by atoms with Crippen molar-refractivity contribution in [2.45, 2.75) is 19.4 Å². The summed E-state index contributed by atoms with van der Waals surface area (Å²) in [5.41, 5.74) is -0.405. The van der Waals surface area contributed by atoms with Crippen LogP contribution in [0.15, 0.2) is 54.6 Å². The van der Waals surface area contributed by atoms with Gasteiger partial charge in [-0.15, -0.1) is 0 Å². The lowest BCUT2D eigenvalue weighted by molar-refractivity contribution is -0.515. The summed E-state index contributed by atoms with van der Waals surface area (Å²) in [7, 11) is 0. The minimum absolute atomic E-state index is 0.0563. The molecule has 0 aliphatic rings. The van der Waals surface area contributed by atoms with Gasteiger partial charge < -0.3 is 5.21 Å². The molecule has 2 rings (SSSR count). The van der Waals surface area contributed by atoms with Crippen molar-refractivity contribution < 1.29 is 14.5 Å². The number of Topliss-reactive ketones (excluding diaryl/α,β-unsaturated/α-hetero) is 1. The summed E-state index contributed by atoms with van der Waals surface area (Å²) >= 11 is 0. The summed E-state index contributed by atoms with van der Waals surface area (Å²) < 4.78 is 0.573. The molecule has 0 spiro atoms. The van der Waals surface area contributed by atoms with Crippen LogP contribution in [-0.4, -0.2) is 27.2 Å². The second-order valence-electron chi connectivity index (χ2n) is 5.56. The van der Waals surface area contributed by atoms with Gasteiger partial charge in [-0.1, -0.05) is 30.3 Å². The zero-order chi connectivity index (χ0) is 17.0. The highest BCUT2D eigenvalue weighted by atomic mass is 16.6. The van der Waals surface area contributed by atoms with Gasteiger partial charge >= 0.3 is 0 Å². The zero-order valence-electron chi connectivity index (χ0n) is 12.8. The third kappa shape index (κ3) is 3.60. The van der Waals surface area contributed by atoms with Gasteiger partial charge in [0.25, 0.3) is 5.69 Å². The van der Waals surface area contributed by atoms with Crippen molar-refractivity contribution in [2.24, 2.45) is 0 Å². The molecule has 6 nitrogen and oxygen atoms in total. The Kier molecular flexibility index (Phi) is 4.55. The minimum atomic E-state index is -1.29. The molecule has 23 heavy (non-hydrogen) atoms. The summed E-state index contributed by atoms with van der Waals surface area (Å²) in [6, 6.07) is 14.1.